The van der Waals surface area contributed by atoms with Crippen molar-refractivity contribution in [3.63, 3.8) is 0 Å². The molecule has 1 aliphatic rings. The predicted molar refractivity (Wildman–Crippen MR) is 78.8 cm³/mol. The third-order valence-electron chi connectivity index (χ3n) is 3.86. The van der Waals surface area contributed by atoms with Crippen LogP contribution in [0.3, 0.4) is 0 Å². The molecule has 2 aromatic rings. The number of pyridine rings is 1. The van der Waals surface area contributed by atoms with Crippen molar-refractivity contribution in [1.82, 2.24) is 25.4 Å². The van der Waals surface area contributed by atoms with E-state index >= 15 is 0 Å². The molecule has 0 radical (unpaired) electrons. The molecule has 8 heteroatoms. The Labute approximate surface area is 131 Å². The molecule has 120 valence electrons. The van der Waals surface area contributed by atoms with Crippen molar-refractivity contribution in [2.45, 2.75) is 24.9 Å². The van der Waals surface area contributed by atoms with E-state index in [0.717, 1.165) is 11.9 Å². The van der Waals surface area contributed by atoms with E-state index in [9.17, 15) is 14.0 Å². The molecule has 3 rings (SSSR count). The topological polar surface area (TPSA) is 88.9 Å². The van der Waals surface area contributed by atoms with Crippen LogP contribution in [0.5, 0.6) is 0 Å². The van der Waals surface area contributed by atoms with Crippen molar-refractivity contribution in [2.75, 3.05) is 0 Å². The number of rotatable bonds is 3. The van der Waals surface area contributed by atoms with Gasteiger partial charge >= 0.3 is 0 Å². The molecule has 0 bridgehead atoms. The summed E-state index contributed by atoms with van der Waals surface area (Å²) in [6.45, 7) is 0. The molecular weight excluding hydrogens is 301 g/mol. The molecular formula is C15H16FN5O2. The molecule has 3 heterocycles. The number of carbonyl (C=O) groups excluding carboxylic acids is 2. The van der Waals surface area contributed by atoms with Gasteiger partial charge in [-0.15, -0.1) is 0 Å². The molecule has 2 aromatic heterocycles. The SMILES string of the molecule is Cn1nccc1[C@@H]1NC(=O)CC[C@H]1NC(=O)c1ccc(F)cn1. The van der Waals surface area contributed by atoms with Crippen LogP contribution in [0, 0.1) is 5.82 Å². The van der Waals surface area contributed by atoms with Crippen LogP contribution >= 0.6 is 0 Å². The number of nitrogens with one attached hydrogen (secondary N) is 2. The van der Waals surface area contributed by atoms with Gasteiger partial charge in [-0.3, -0.25) is 14.3 Å². The highest BCUT2D eigenvalue weighted by molar-refractivity contribution is 5.92. The summed E-state index contributed by atoms with van der Waals surface area (Å²) >= 11 is 0. The van der Waals surface area contributed by atoms with Gasteiger partial charge < -0.3 is 10.6 Å². The number of aromatic nitrogens is 3. The van der Waals surface area contributed by atoms with Crippen LogP contribution in [0.1, 0.15) is 35.1 Å². The maximum absolute atomic E-state index is 12.9. The van der Waals surface area contributed by atoms with Crippen LogP contribution in [0.4, 0.5) is 4.39 Å². The quantitative estimate of drug-likeness (QED) is 0.872. The van der Waals surface area contributed by atoms with Gasteiger partial charge in [-0.05, 0) is 24.6 Å². The second-order valence-electron chi connectivity index (χ2n) is 5.41. The van der Waals surface area contributed by atoms with E-state index < -0.39 is 11.7 Å². The van der Waals surface area contributed by atoms with Crippen LogP contribution in [0.15, 0.2) is 30.6 Å². The Kier molecular flexibility index (Phi) is 4.05. The molecule has 7 nitrogen and oxygen atoms in total. The van der Waals surface area contributed by atoms with Crippen LogP contribution in [-0.4, -0.2) is 32.6 Å². The Morgan fingerprint density at radius 1 is 1.43 bits per heavy atom. The number of hydrogen-bond acceptors (Lipinski definition) is 4. The minimum atomic E-state index is -0.501. The maximum Gasteiger partial charge on any atom is 0.270 e. The fourth-order valence-corrected chi connectivity index (χ4v) is 2.68. The van der Waals surface area contributed by atoms with Crippen molar-refractivity contribution in [1.29, 1.82) is 0 Å². The molecule has 2 atom stereocenters. The lowest BCUT2D eigenvalue weighted by molar-refractivity contribution is -0.123. The molecule has 23 heavy (non-hydrogen) atoms. The third-order valence-corrected chi connectivity index (χ3v) is 3.86. The van der Waals surface area contributed by atoms with Crippen LogP contribution < -0.4 is 10.6 Å². The van der Waals surface area contributed by atoms with E-state index in [-0.39, 0.29) is 23.7 Å². The molecule has 0 aliphatic carbocycles. The Balaban J connectivity index is 1.79. The minimum Gasteiger partial charge on any atom is -0.346 e. The summed E-state index contributed by atoms with van der Waals surface area (Å²) in [5.74, 6) is -0.973. The van der Waals surface area contributed by atoms with Crippen molar-refractivity contribution in [2.24, 2.45) is 7.05 Å². The highest BCUT2D eigenvalue weighted by atomic mass is 19.1. The average Bonchev–Trinajstić information content (AvgIpc) is 2.95. The molecule has 0 aromatic carbocycles. The highest BCUT2D eigenvalue weighted by Gasteiger charge is 2.33. The zero-order valence-electron chi connectivity index (χ0n) is 12.5. The zero-order chi connectivity index (χ0) is 16.4. The molecule has 0 unspecified atom stereocenters. The summed E-state index contributed by atoms with van der Waals surface area (Å²) in [4.78, 5) is 27.8. The third kappa shape index (κ3) is 3.20. The molecule has 2 amide bonds. The molecule has 0 saturated carbocycles. The lowest BCUT2D eigenvalue weighted by Gasteiger charge is -2.32. The largest absolute Gasteiger partial charge is 0.346 e. The van der Waals surface area contributed by atoms with Crippen LogP contribution in [0.25, 0.3) is 0 Å². The second kappa shape index (κ2) is 6.15. The number of piperidine rings is 1. The zero-order valence-corrected chi connectivity index (χ0v) is 12.5. The van der Waals surface area contributed by atoms with E-state index in [4.69, 9.17) is 0 Å². The number of carbonyl (C=O) groups is 2. The molecule has 1 saturated heterocycles. The van der Waals surface area contributed by atoms with Gasteiger partial charge in [-0.2, -0.15) is 5.10 Å². The van der Waals surface area contributed by atoms with E-state index in [1.165, 1.54) is 12.1 Å². The summed E-state index contributed by atoms with van der Waals surface area (Å²) in [6.07, 6.45) is 3.47. The second-order valence-corrected chi connectivity index (χ2v) is 5.41. The predicted octanol–water partition coefficient (Wildman–Crippen LogP) is 0.704. The summed E-state index contributed by atoms with van der Waals surface area (Å²) in [5.41, 5.74) is 0.933. The van der Waals surface area contributed by atoms with Gasteiger partial charge in [0.05, 0.1) is 24.0 Å². The van der Waals surface area contributed by atoms with E-state index in [2.05, 4.69) is 20.7 Å². The van der Waals surface area contributed by atoms with Crippen molar-refractivity contribution >= 4 is 11.8 Å². The first kappa shape index (κ1) is 15.1. The fourth-order valence-electron chi connectivity index (χ4n) is 2.68. The Bertz CT molecular complexity index is 728. The van der Waals surface area contributed by atoms with Crippen molar-refractivity contribution in [3.8, 4) is 0 Å². The molecule has 1 aliphatic heterocycles. The molecule has 2 N–H and O–H groups in total. The van der Waals surface area contributed by atoms with Crippen LogP contribution in [-0.2, 0) is 11.8 Å². The standard InChI is InChI=1S/C15H16FN5O2/c1-21-12(6-7-18-21)14-10(4-5-13(22)20-14)19-15(23)11-3-2-9(16)8-17-11/h2-3,6-8,10,14H,4-5H2,1H3,(H,19,23)(H,20,22)/t10-,14-/m1/s1. The number of halogens is 1. The van der Waals surface area contributed by atoms with Gasteiger partial charge in [0.1, 0.15) is 11.5 Å². The molecule has 0 spiro atoms. The summed E-state index contributed by atoms with van der Waals surface area (Å²) in [6, 6.07) is 3.65. The van der Waals surface area contributed by atoms with Gasteiger partial charge in [-0.25, -0.2) is 9.37 Å². The number of amides is 2. The number of nitrogens with zero attached hydrogens (tertiary/aromatic N) is 3. The van der Waals surface area contributed by atoms with Crippen molar-refractivity contribution in [3.05, 3.63) is 47.8 Å². The normalized spacial score (nSPS) is 20.9. The smallest absolute Gasteiger partial charge is 0.270 e. The minimum absolute atomic E-state index is 0.0680. The first-order valence-electron chi connectivity index (χ1n) is 7.24. The number of aryl methyl sites for hydroxylation is 1. The Morgan fingerprint density at radius 3 is 2.91 bits per heavy atom. The van der Waals surface area contributed by atoms with Crippen LogP contribution in [0.2, 0.25) is 0 Å². The summed E-state index contributed by atoms with van der Waals surface area (Å²) in [5, 5.41) is 9.84. The maximum atomic E-state index is 12.9. The van der Waals surface area contributed by atoms with Gasteiger partial charge in [0.25, 0.3) is 5.91 Å². The fraction of sp³-hybridized carbons (Fsp3) is 0.333. The summed E-state index contributed by atoms with van der Waals surface area (Å²) < 4.78 is 14.6. The lowest BCUT2D eigenvalue weighted by atomic mass is 9.95. The van der Waals surface area contributed by atoms with E-state index in [1.54, 1.807) is 24.0 Å². The van der Waals surface area contributed by atoms with Gasteiger partial charge in [0.2, 0.25) is 5.91 Å². The molecule has 1 fully saturated rings. The summed E-state index contributed by atoms with van der Waals surface area (Å²) in [7, 11) is 1.77. The first-order chi connectivity index (χ1) is 11.0. The van der Waals surface area contributed by atoms with E-state index in [1.807, 2.05) is 0 Å². The van der Waals surface area contributed by atoms with Crippen molar-refractivity contribution < 1.29 is 14.0 Å². The Morgan fingerprint density at radius 2 is 2.26 bits per heavy atom. The monoisotopic (exact) mass is 317 g/mol. The van der Waals surface area contributed by atoms with Gasteiger partial charge in [0.15, 0.2) is 0 Å². The number of hydrogen-bond donors (Lipinski definition) is 2. The van der Waals surface area contributed by atoms with E-state index in [0.29, 0.717) is 12.8 Å². The first-order valence-corrected chi connectivity index (χ1v) is 7.24. The van der Waals surface area contributed by atoms with Gasteiger partial charge in [-0.1, -0.05) is 0 Å². The highest BCUT2D eigenvalue weighted by Crippen LogP contribution is 2.24. The van der Waals surface area contributed by atoms with Gasteiger partial charge in [0, 0.05) is 19.7 Å². The average molecular weight is 317 g/mol. The lowest BCUT2D eigenvalue weighted by Crippen LogP contribution is -2.50. The Hall–Kier alpha value is -2.77.